The van der Waals surface area contributed by atoms with Crippen LogP contribution in [-0.4, -0.2) is 32.5 Å². The zero-order chi connectivity index (χ0) is 19.3. The van der Waals surface area contributed by atoms with E-state index in [-0.39, 0.29) is 18.9 Å². The van der Waals surface area contributed by atoms with Gasteiger partial charge in [-0.15, -0.1) is 0 Å². The van der Waals surface area contributed by atoms with Crippen LogP contribution in [0.15, 0.2) is 48.5 Å². The normalized spacial score (nSPS) is 12.6. The third-order valence-electron chi connectivity index (χ3n) is 3.80. The Morgan fingerprint density at radius 1 is 1.12 bits per heavy atom. The molecular weight excluding hydrogens is 362 g/mol. The Balaban J connectivity index is 2.14. The number of nitrogens with one attached hydrogen (secondary N) is 1. The smallest absolute Gasteiger partial charge is 0.224 e. The Morgan fingerprint density at radius 3 is 2.31 bits per heavy atom. The number of benzene rings is 2. The fourth-order valence-corrected chi connectivity index (χ4v) is 3.22. The highest BCUT2D eigenvalue weighted by Crippen LogP contribution is 2.20. The van der Waals surface area contributed by atoms with Gasteiger partial charge in [-0.3, -0.25) is 4.79 Å². The topological polar surface area (TPSA) is 66.5 Å². The first-order valence-electron chi connectivity index (χ1n) is 7.86. The highest BCUT2D eigenvalue weighted by molar-refractivity contribution is 7.88. The molecular formula is C18H20F2N2O3S. The van der Waals surface area contributed by atoms with E-state index in [2.05, 4.69) is 4.72 Å². The number of amides is 1. The molecule has 0 bridgehead atoms. The van der Waals surface area contributed by atoms with Crippen LogP contribution in [0.3, 0.4) is 0 Å². The number of sulfonamides is 1. The summed E-state index contributed by atoms with van der Waals surface area (Å²) in [4.78, 5) is 13.8. The molecule has 0 aromatic heterocycles. The lowest BCUT2D eigenvalue weighted by Gasteiger charge is -2.22. The second-order valence-electron chi connectivity index (χ2n) is 6.04. The van der Waals surface area contributed by atoms with E-state index in [1.54, 1.807) is 18.2 Å². The summed E-state index contributed by atoms with van der Waals surface area (Å²) < 4.78 is 52.4. The zero-order valence-electron chi connectivity index (χ0n) is 14.4. The van der Waals surface area contributed by atoms with Gasteiger partial charge in [0.2, 0.25) is 15.9 Å². The van der Waals surface area contributed by atoms with Gasteiger partial charge >= 0.3 is 0 Å². The second-order valence-corrected chi connectivity index (χ2v) is 7.82. The number of carbonyl (C=O) groups is 1. The van der Waals surface area contributed by atoms with Gasteiger partial charge in [-0.05, 0) is 23.8 Å². The van der Waals surface area contributed by atoms with Crippen molar-refractivity contribution in [2.75, 3.05) is 13.3 Å². The second kappa shape index (κ2) is 8.37. The molecule has 8 heteroatoms. The highest BCUT2D eigenvalue weighted by Gasteiger charge is 2.22. The monoisotopic (exact) mass is 382 g/mol. The molecule has 2 aromatic carbocycles. The summed E-state index contributed by atoms with van der Waals surface area (Å²) in [6, 6.07) is 10.5. The third-order valence-corrected chi connectivity index (χ3v) is 4.51. The maximum absolute atomic E-state index is 13.7. The van der Waals surface area contributed by atoms with Crippen LogP contribution in [0.2, 0.25) is 0 Å². The van der Waals surface area contributed by atoms with Crippen molar-refractivity contribution in [3.05, 3.63) is 71.3 Å². The van der Waals surface area contributed by atoms with Crippen LogP contribution < -0.4 is 4.72 Å². The molecule has 1 atom stereocenters. The third kappa shape index (κ3) is 5.89. The van der Waals surface area contributed by atoms with E-state index in [9.17, 15) is 22.0 Å². The van der Waals surface area contributed by atoms with Gasteiger partial charge in [0.1, 0.15) is 11.6 Å². The van der Waals surface area contributed by atoms with Gasteiger partial charge in [0.25, 0.3) is 0 Å². The average Bonchev–Trinajstić information content (AvgIpc) is 2.55. The molecule has 0 radical (unpaired) electrons. The summed E-state index contributed by atoms with van der Waals surface area (Å²) in [5.74, 6) is -1.26. The summed E-state index contributed by atoms with van der Waals surface area (Å²) in [5, 5.41) is 0. The van der Waals surface area contributed by atoms with Gasteiger partial charge in [0, 0.05) is 25.6 Å². The molecule has 0 heterocycles. The Morgan fingerprint density at radius 2 is 1.73 bits per heavy atom. The van der Waals surface area contributed by atoms with Crippen molar-refractivity contribution in [2.24, 2.45) is 0 Å². The van der Waals surface area contributed by atoms with E-state index >= 15 is 0 Å². The molecule has 1 N–H and O–H groups in total. The van der Waals surface area contributed by atoms with Gasteiger partial charge in [-0.1, -0.05) is 30.3 Å². The summed E-state index contributed by atoms with van der Waals surface area (Å²) >= 11 is 0. The SMILES string of the molecule is CN(Cc1ccccc1F)C(=O)C[C@@H](NS(C)(=O)=O)c1ccc(F)cc1. The number of halogens is 2. The minimum absolute atomic E-state index is 0.0561. The molecule has 2 rings (SSSR count). The molecule has 26 heavy (non-hydrogen) atoms. The van der Waals surface area contributed by atoms with Crippen molar-refractivity contribution in [3.63, 3.8) is 0 Å². The standard InChI is InChI=1S/C18H20F2N2O3S/c1-22(12-14-5-3-4-6-16(14)20)18(23)11-17(21-26(2,24)25)13-7-9-15(19)10-8-13/h3-10,17,21H,11-12H2,1-2H3/t17-/m1/s1. The van der Waals surface area contributed by atoms with Crippen molar-refractivity contribution in [1.82, 2.24) is 9.62 Å². The Kier molecular flexibility index (Phi) is 6.44. The van der Waals surface area contributed by atoms with E-state index in [1.807, 2.05) is 0 Å². The van der Waals surface area contributed by atoms with Crippen molar-refractivity contribution in [2.45, 2.75) is 19.0 Å². The van der Waals surface area contributed by atoms with Crippen LogP contribution in [0, 0.1) is 11.6 Å². The minimum Gasteiger partial charge on any atom is -0.341 e. The van der Waals surface area contributed by atoms with Gasteiger partial charge in [0.15, 0.2) is 0 Å². The van der Waals surface area contributed by atoms with Crippen LogP contribution in [-0.2, 0) is 21.4 Å². The maximum Gasteiger partial charge on any atom is 0.224 e. The maximum atomic E-state index is 13.7. The molecule has 0 saturated heterocycles. The molecule has 1 amide bonds. The summed E-state index contributed by atoms with van der Waals surface area (Å²) in [6.45, 7) is 0.0561. The number of carbonyl (C=O) groups excluding carboxylic acids is 1. The molecule has 0 aliphatic heterocycles. The van der Waals surface area contributed by atoms with Crippen LogP contribution >= 0.6 is 0 Å². The molecule has 0 fully saturated rings. The van der Waals surface area contributed by atoms with E-state index in [0.29, 0.717) is 11.1 Å². The Hall–Kier alpha value is -2.32. The predicted octanol–water partition coefficient (Wildman–Crippen LogP) is 2.60. The first-order chi connectivity index (χ1) is 12.2. The molecule has 0 aliphatic rings. The van der Waals surface area contributed by atoms with E-state index in [4.69, 9.17) is 0 Å². The van der Waals surface area contributed by atoms with Crippen molar-refractivity contribution in [1.29, 1.82) is 0 Å². The molecule has 0 aliphatic carbocycles. The fraction of sp³-hybridized carbons (Fsp3) is 0.278. The number of hydrogen-bond acceptors (Lipinski definition) is 3. The number of nitrogens with zero attached hydrogens (tertiary/aromatic N) is 1. The Labute approximate surface area is 151 Å². The fourth-order valence-electron chi connectivity index (χ4n) is 2.48. The van der Waals surface area contributed by atoms with Gasteiger partial charge in [-0.25, -0.2) is 21.9 Å². The number of rotatable bonds is 7. The van der Waals surface area contributed by atoms with Crippen LogP contribution in [0.1, 0.15) is 23.6 Å². The molecule has 2 aromatic rings. The van der Waals surface area contributed by atoms with Gasteiger partial charge < -0.3 is 4.90 Å². The molecule has 0 unspecified atom stereocenters. The van der Waals surface area contributed by atoms with E-state index in [0.717, 1.165) is 6.26 Å². The first kappa shape index (κ1) is 20.0. The lowest BCUT2D eigenvalue weighted by Crippen LogP contribution is -2.34. The van der Waals surface area contributed by atoms with Gasteiger partial charge in [0.05, 0.1) is 12.3 Å². The van der Waals surface area contributed by atoms with Crippen molar-refractivity contribution in [3.8, 4) is 0 Å². The highest BCUT2D eigenvalue weighted by atomic mass is 32.2. The molecule has 0 spiro atoms. The lowest BCUT2D eigenvalue weighted by atomic mass is 10.0. The summed E-state index contributed by atoms with van der Waals surface area (Å²) in [5.41, 5.74) is 0.822. The van der Waals surface area contributed by atoms with Crippen LogP contribution in [0.5, 0.6) is 0 Å². The van der Waals surface area contributed by atoms with Crippen LogP contribution in [0.4, 0.5) is 8.78 Å². The molecule has 140 valence electrons. The number of hydrogen-bond donors (Lipinski definition) is 1. The Bertz CT molecular complexity index is 870. The summed E-state index contributed by atoms with van der Waals surface area (Å²) in [6.07, 6.45) is 0.806. The molecule has 5 nitrogen and oxygen atoms in total. The first-order valence-corrected chi connectivity index (χ1v) is 9.75. The average molecular weight is 382 g/mol. The van der Waals surface area contributed by atoms with E-state index in [1.165, 1.54) is 42.3 Å². The van der Waals surface area contributed by atoms with Crippen LogP contribution in [0.25, 0.3) is 0 Å². The van der Waals surface area contributed by atoms with E-state index < -0.39 is 27.7 Å². The summed E-state index contributed by atoms with van der Waals surface area (Å²) in [7, 11) is -2.08. The zero-order valence-corrected chi connectivity index (χ0v) is 15.3. The lowest BCUT2D eigenvalue weighted by molar-refractivity contribution is -0.130. The predicted molar refractivity (Wildman–Crippen MR) is 94.6 cm³/mol. The van der Waals surface area contributed by atoms with Crippen molar-refractivity contribution >= 4 is 15.9 Å². The van der Waals surface area contributed by atoms with Gasteiger partial charge in [-0.2, -0.15) is 0 Å². The minimum atomic E-state index is -3.59. The quantitative estimate of drug-likeness (QED) is 0.801. The largest absolute Gasteiger partial charge is 0.341 e. The van der Waals surface area contributed by atoms with Crippen molar-refractivity contribution < 1.29 is 22.0 Å². The molecule has 0 saturated carbocycles.